The maximum absolute atomic E-state index is 13.2. The molecule has 2 atom stereocenters. The zero-order valence-electron chi connectivity index (χ0n) is 9.86. The highest BCUT2D eigenvalue weighted by molar-refractivity contribution is 8.06. The number of thioether (sulfide) groups is 2. The second-order valence-corrected chi connectivity index (χ2v) is 7.10. The number of benzene rings is 1. The Morgan fingerprint density at radius 3 is 3.00 bits per heavy atom. The maximum atomic E-state index is 13.2. The Balaban J connectivity index is 2.06. The van der Waals surface area contributed by atoms with Crippen LogP contribution in [0.25, 0.3) is 0 Å². The van der Waals surface area contributed by atoms with E-state index in [9.17, 15) is 4.39 Å². The van der Waals surface area contributed by atoms with E-state index in [1.807, 2.05) is 23.5 Å². The molecule has 0 aliphatic carbocycles. The largest absolute Gasteiger partial charge is 0.271 e. The highest BCUT2D eigenvalue weighted by Crippen LogP contribution is 2.29. The monoisotopic (exact) mass is 306 g/mol. The van der Waals surface area contributed by atoms with Gasteiger partial charge >= 0.3 is 0 Å². The summed E-state index contributed by atoms with van der Waals surface area (Å²) < 4.78 is 13.2. The first-order chi connectivity index (χ1) is 8.70. The number of nitrogens with one attached hydrogen (secondary N) is 1. The average Bonchev–Trinajstić information content (AvgIpc) is 2.41. The SMILES string of the molecule is NNC(Cc1cc(F)ccc1Cl)C1CSCCS1. The van der Waals surface area contributed by atoms with E-state index in [0.717, 1.165) is 17.1 Å². The summed E-state index contributed by atoms with van der Waals surface area (Å²) in [5.74, 6) is 8.79. The van der Waals surface area contributed by atoms with Gasteiger partial charge in [0.2, 0.25) is 0 Å². The molecule has 1 aromatic rings. The van der Waals surface area contributed by atoms with E-state index in [4.69, 9.17) is 17.4 Å². The number of halogens is 2. The van der Waals surface area contributed by atoms with E-state index >= 15 is 0 Å². The fourth-order valence-electron chi connectivity index (χ4n) is 1.97. The predicted octanol–water partition coefficient (Wildman–Crippen LogP) is 2.70. The lowest BCUT2D eigenvalue weighted by Gasteiger charge is -2.29. The molecule has 1 saturated heterocycles. The summed E-state index contributed by atoms with van der Waals surface area (Å²) in [6.07, 6.45) is 0.658. The second kappa shape index (κ2) is 7.01. The van der Waals surface area contributed by atoms with Crippen LogP contribution < -0.4 is 11.3 Å². The van der Waals surface area contributed by atoms with Crippen LogP contribution in [-0.4, -0.2) is 28.6 Å². The van der Waals surface area contributed by atoms with Crippen molar-refractivity contribution in [2.24, 2.45) is 5.84 Å². The summed E-state index contributed by atoms with van der Waals surface area (Å²) in [7, 11) is 0. The summed E-state index contributed by atoms with van der Waals surface area (Å²) in [6.45, 7) is 0. The van der Waals surface area contributed by atoms with E-state index in [1.165, 1.54) is 17.9 Å². The molecule has 0 amide bonds. The molecule has 1 aromatic carbocycles. The van der Waals surface area contributed by atoms with E-state index in [-0.39, 0.29) is 11.9 Å². The molecule has 6 heteroatoms. The van der Waals surface area contributed by atoms with Gasteiger partial charge in [-0.3, -0.25) is 11.3 Å². The number of hydrogen-bond acceptors (Lipinski definition) is 4. The highest BCUT2D eigenvalue weighted by atomic mass is 35.5. The molecule has 1 heterocycles. The van der Waals surface area contributed by atoms with Gasteiger partial charge in [-0.15, -0.1) is 0 Å². The van der Waals surface area contributed by atoms with E-state index in [1.54, 1.807) is 6.07 Å². The molecule has 0 aromatic heterocycles. The van der Waals surface area contributed by atoms with Gasteiger partial charge in [-0.1, -0.05) is 11.6 Å². The Morgan fingerprint density at radius 2 is 2.33 bits per heavy atom. The van der Waals surface area contributed by atoms with Gasteiger partial charge in [0.1, 0.15) is 5.82 Å². The van der Waals surface area contributed by atoms with Gasteiger partial charge in [-0.05, 0) is 30.2 Å². The lowest BCUT2D eigenvalue weighted by atomic mass is 10.0. The van der Waals surface area contributed by atoms with Crippen molar-refractivity contribution < 1.29 is 4.39 Å². The first-order valence-electron chi connectivity index (χ1n) is 5.80. The van der Waals surface area contributed by atoms with Gasteiger partial charge in [0.15, 0.2) is 0 Å². The Labute approximate surface area is 120 Å². The Hall–Kier alpha value is 0.0600. The van der Waals surface area contributed by atoms with Crippen LogP contribution in [0.15, 0.2) is 18.2 Å². The fraction of sp³-hybridized carbons (Fsp3) is 0.500. The van der Waals surface area contributed by atoms with Crippen molar-refractivity contribution in [1.82, 2.24) is 5.43 Å². The Bertz CT molecular complexity index is 400. The van der Waals surface area contributed by atoms with Crippen LogP contribution in [0.1, 0.15) is 5.56 Å². The van der Waals surface area contributed by atoms with Crippen LogP contribution in [0.4, 0.5) is 4.39 Å². The quantitative estimate of drug-likeness (QED) is 0.662. The lowest BCUT2D eigenvalue weighted by molar-refractivity contribution is 0.521. The average molecular weight is 307 g/mol. The minimum Gasteiger partial charge on any atom is -0.271 e. The first kappa shape index (κ1) is 14.5. The summed E-state index contributed by atoms with van der Waals surface area (Å²) in [4.78, 5) is 0. The molecule has 0 bridgehead atoms. The van der Waals surface area contributed by atoms with Crippen molar-refractivity contribution in [2.75, 3.05) is 17.3 Å². The Kier molecular flexibility index (Phi) is 5.63. The predicted molar refractivity (Wildman–Crippen MR) is 79.8 cm³/mol. The lowest BCUT2D eigenvalue weighted by Crippen LogP contribution is -2.46. The first-order valence-corrected chi connectivity index (χ1v) is 8.38. The van der Waals surface area contributed by atoms with Gasteiger partial charge in [0.05, 0.1) is 0 Å². The highest BCUT2D eigenvalue weighted by Gasteiger charge is 2.24. The minimum atomic E-state index is -0.254. The Morgan fingerprint density at radius 1 is 1.50 bits per heavy atom. The van der Waals surface area contributed by atoms with Gasteiger partial charge in [-0.2, -0.15) is 23.5 Å². The number of nitrogens with two attached hydrogens (primary N) is 1. The third kappa shape index (κ3) is 3.78. The zero-order valence-corrected chi connectivity index (χ0v) is 12.3. The standard InChI is InChI=1S/C12H16ClFN2S2/c13-10-2-1-9(14)5-8(10)6-11(16-15)12-7-17-3-4-18-12/h1-2,5,11-12,16H,3-4,6-7,15H2. The van der Waals surface area contributed by atoms with Gasteiger partial charge in [0.25, 0.3) is 0 Å². The van der Waals surface area contributed by atoms with Crippen molar-refractivity contribution in [1.29, 1.82) is 0 Å². The number of hydrazine groups is 1. The number of rotatable bonds is 4. The molecule has 0 radical (unpaired) electrons. The smallest absolute Gasteiger partial charge is 0.123 e. The van der Waals surface area contributed by atoms with Crippen molar-refractivity contribution in [3.8, 4) is 0 Å². The van der Waals surface area contributed by atoms with Crippen molar-refractivity contribution in [3.05, 3.63) is 34.6 Å². The van der Waals surface area contributed by atoms with Crippen LogP contribution in [0.3, 0.4) is 0 Å². The van der Waals surface area contributed by atoms with Gasteiger partial charge in [-0.25, -0.2) is 4.39 Å². The van der Waals surface area contributed by atoms with Crippen LogP contribution in [0, 0.1) is 5.82 Å². The minimum absolute atomic E-state index is 0.127. The molecular weight excluding hydrogens is 291 g/mol. The fourth-order valence-corrected chi connectivity index (χ4v) is 5.04. The zero-order chi connectivity index (χ0) is 13.0. The van der Waals surface area contributed by atoms with E-state index in [2.05, 4.69) is 5.43 Å². The molecule has 0 saturated carbocycles. The van der Waals surface area contributed by atoms with E-state index in [0.29, 0.717) is 16.7 Å². The van der Waals surface area contributed by atoms with Crippen molar-refractivity contribution in [2.45, 2.75) is 17.7 Å². The summed E-state index contributed by atoms with van der Waals surface area (Å²) in [6, 6.07) is 4.60. The molecule has 2 unspecified atom stereocenters. The van der Waals surface area contributed by atoms with Crippen molar-refractivity contribution >= 4 is 35.1 Å². The van der Waals surface area contributed by atoms with Gasteiger partial charge < -0.3 is 0 Å². The number of hydrogen-bond donors (Lipinski definition) is 2. The molecule has 18 heavy (non-hydrogen) atoms. The summed E-state index contributed by atoms with van der Waals surface area (Å²) >= 11 is 9.96. The van der Waals surface area contributed by atoms with Crippen LogP contribution in [-0.2, 0) is 6.42 Å². The molecule has 100 valence electrons. The van der Waals surface area contributed by atoms with Crippen LogP contribution in [0.2, 0.25) is 5.02 Å². The van der Waals surface area contributed by atoms with Crippen molar-refractivity contribution in [3.63, 3.8) is 0 Å². The third-order valence-corrected chi connectivity index (χ3v) is 6.24. The second-order valence-electron chi connectivity index (χ2n) is 4.20. The molecule has 0 spiro atoms. The molecule has 2 rings (SSSR count). The van der Waals surface area contributed by atoms with E-state index < -0.39 is 0 Å². The van der Waals surface area contributed by atoms with Gasteiger partial charge in [0, 0.05) is 33.6 Å². The molecule has 1 aliphatic heterocycles. The van der Waals surface area contributed by atoms with Crippen LogP contribution in [0.5, 0.6) is 0 Å². The van der Waals surface area contributed by atoms with Crippen LogP contribution >= 0.6 is 35.1 Å². The molecule has 1 aliphatic rings. The normalized spacial score (nSPS) is 21.8. The topological polar surface area (TPSA) is 38.0 Å². The molecular formula is C12H16ClFN2S2. The third-order valence-electron chi connectivity index (χ3n) is 2.95. The summed E-state index contributed by atoms with van der Waals surface area (Å²) in [5.41, 5.74) is 3.67. The summed E-state index contributed by atoms with van der Waals surface area (Å²) in [5, 5.41) is 1.05. The molecule has 2 nitrogen and oxygen atoms in total. The molecule has 3 N–H and O–H groups in total. The maximum Gasteiger partial charge on any atom is 0.123 e. The molecule has 1 fully saturated rings.